The second-order valence-electron chi connectivity index (χ2n) is 8.42. The summed E-state index contributed by atoms with van der Waals surface area (Å²) >= 11 is 0. The summed E-state index contributed by atoms with van der Waals surface area (Å²) < 4.78 is 10.8. The number of anilines is 1. The van der Waals surface area contributed by atoms with Crippen molar-refractivity contribution in [3.8, 4) is 11.5 Å². The lowest BCUT2D eigenvalue weighted by Crippen LogP contribution is -2.56. The zero-order valence-electron chi connectivity index (χ0n) is 18.8. The van der Waals surface area contributed by atoms with Crippen LogP contribution in [0.1, 0.15) is 28.8 Å². The molecule has 0 spiro atoms. The van der Waals surface area contributed by atoms with Gasteiger partial charge in [-0.25, -0.2) is 0 Å². The molecule has 2 heterocycles. The molecular formula is C25H33N3O3. The molecule has 1 atom stereocenters. The van der Waals surface area contributed by atoms with E-state index in [2.05, 4.69) is 41.0 Å². The number of aryl methyl sites for hydroxylation is 1. The van der Waals surface area contributed by atoms with Crippen molar-refractivity contribution >= 4 is 11.6 Å². The van der Waals surface area contributed by atoms with Gasteiger partial charge in [-0.05, 0) is 49.6 Å². The molecule has 2 aliphatic rings. The van der Waals surface area contributed by atoms with Crippen LogP contribution in [0, 0.1) is 6.92 Å². The molecule has 2 fully saturated rings. The number of hydrogen-bond donors (Lipinski definition) is 0. The minimum atomic E-state index is 0.0268. The van der Waals surface area contributed by atoms with Crippen LogP contribution in [0.4, 0.5) is 5.69 Å². The van der Waals surface area contributed by atoms with E-state index in [9.17, 15) is 4.79 Å². The number of benzene rings is 2. The summed E-state index contributed by atoms with van der Waals surface area (Å²) in [5.74, 6) is 1.30. The number of amides is 1. The van der Waals surface area contributed by atoms with Crippen LogP contribution in [0.3, 0.4) is 0 Å². The molecule has 2 saturated heterocycles. The van der Waals surface area contributed by atoms with Crippen molar-refractivity contribution in [3.63, 3.8) is 0 Å². The number of piperidine rings is 1. The minimum Gasteiger partial charge on any atom is -0.497 e. The van der Waals surface area contributed by atoms with Gasteiger partial charge in [-0.1, -0.05) is 18.2 Å². The number of nitrogens with zero attached hydrogens (tertiary/aromatic N) is 3. The molecule has 2 aromatic carbocycles. The molecule has 0 bridgehead atoms. The molecule has 0 radical (unpaired) electrons. The number of carbonyl (C=O) groups excluding carboxylic acids is 1. The van der Waals surface area contributed by atoms with Gasteiger partial charge in [0, 0.05) is 51.0 Å². The Bertz CT molecular complexity index is 909. The number of piperazine rings is 1. The molecule has 2 aromatic rings. The second-order valence-corrected chi connectivity index (χ2v) is 8.42. The highest BCUT2D eigenvalue weighted by Gasteiger charge is 2.31. The summed E-state index contributed by atoms with van der Waals surface area (Å²) in [5.41, 5.74) is 3.25. The first-order chi connectivity index (χ1) is 15.1. The summed E-state index contributed by atoms with van der Waals surface area (Å²) in [4.78, 5) is 20.4. The van der Waals surface area contributed by atoms with E-state index < -0.39 is 0 Å². The summed E-state index contributed by atoms with van der Waals surface area (Å²) in [6.07, 6.45) is 2.17. The van der Waals surface area contributed by atoms with Crippen molar-refractivity contribution in [1.29, 1.82) is 0 Å². The third-order valence-electron chi connectivity index (χ3n) is 6.61. The molecular weight excluding hydrogens is 390 g/mol. The maximum Gasteiger partial charge on any atom is 0.257 e. The van der Waals surface area contributed by atoms with Gasteiger partial charge >= 0.3 is 0 Å². The first-order valence-corrected chi connectivity index (χ1v) is 11.2. The van der Waals surface area contributed by atoms with E-state index in [1.54, 1.807) is 26.4 Å². The first-order valence-electron chi connectivity index (χ1n) is 11.2. The van der Waals surface area contributed by atoms with E-state index in [-0.39, 0.29) is 5.91 Å². The van der Waals surface area contributed by atoms with Gasteiger partial charge in [-0.2, -0.15) is 0 Å². The molecule has 6 nitrogen and oxygen atoms in total. The number of hydrogen-bond acceptors (Lipinski definition) is 5. The molecule has 0 unspecified atom stereocenters. The van der Waals surface area contributed by atoms with Crippen LogP contribution >= 0.6 is 0 Å². The van der Waals surface area contributed by atoms with Crippen molar-refractivity contribution in [2.24, 2.45) is 0 Å². The maximum absolute atomic E-state index is 13.3. The highest BCUT2D eigenvalue weighted by Crippen LogP contribution is 2.28. The molecule has 1 amide bonds. The van der Waals surface area contributed by atoms with Crippen LogP contribution in [0.15, 0.2) is 42.5 Å². The third kappa shape index (κ3) is 4.64. The average Bonchev–Trinajstić information content (AvgIpc) is 2.83. The van der Waals surface area contributed by atoms with Gasteiger partial charge in [-0.15, -0.1) is 0 Å². The minimum absolute atomic E-state index is 0.0268. The van der Waals surface area contributed by atoms with Crippen molar-refractivity contribution in [1.82, 2.24) is 9.80 Å². The predicted octanol–water partition coefficient (Wildman–Crippen LogP) is 3.44. The Balaban J connectivity index is 1.40. The highest BCUT2D eigenvalue weighted by molar-refractivity contribution is 5.97. The quantitative estimate of drug-likeness (QED) is 0.737. The molecule has 0 N–H and O–H groups in total. The number of ether oxygens (including phenoxy) is 2. The largest absolute Gasteiger partial charge is 0.497 e. The predicted molar refractivity (Wildman–Crippen MR) is 123 cm³/mol. The van der Waals surface area contributed by atoms with Crippen LogP contribution in [0.5, 0.6) is 11.5 Å². The standard InChI is InChI=1S/C25H33N3O3/c1-19-7-4-5-9-23(19)27-15-13-26(14-16-27)20-8-6-12-28(18-20)25(29)22-17-21(30-2)10-11-24(22)31-3/h4-5,7,9-11,17,20H,6,8,12-16,18H2,1-3H3/t20-/m1/s1. The van der Waals surface area contributed by atoms with Crippen LogP contribution in [-0.4, -0.2) is 75.2 Å². The van der Waals surface area contributed by atoms with Gasteiger partial charge in [0.15, 0.2) is 0 Å². The SMILES string of the molecule is COc1ccc(OC)c(C(=O)N2CCC[C@@H](N3CCN(c4ccccc4C)CC3)C2)c1. The van der Waals surface area contributed by atoms with Crippen LogP contribution in [0.25, 0.3) is 0 Å². The lowest BCUT2D eigenvalue weighted by molar-refractivity contribution is 0.0560. The number of carbonyl (C=O) groups is 1. The van der Waals surface area contributed by atoms with Gasteiger partial charge < -0.3 is 19.3 Å². The molecule has 2 aliphatic heterocycles. The van der Waals surface area contributed by atoms with Gasteiger partial charge in [0.25, 0.3) is 5.91 Å². The maximum atomic E-state index is 13.3. The van der Waals surface area contributed by atoms with E-state index in [4.69, 9.17) is 9.47 Å². The Kier molecular flexibility index (Phi) is 6.66. The lowest BCUT2D eigenvalue weighted by atomic mass is 10.0. The van der Waals surface area contributed by atoms with Crippen molar-refractivity contribution in [2.75, 3.05) is 58.4 Å². The van der Waals surface area contributed by atoms with E-state index in [0.29, 0.717) is 23.1 Å². The van der Waals surface area contributed by atoms with Gasteiger partial charge in [0.1, 0.15) is 11.5 Å². The van der Waals surface area contributed by atoms with E-state index in [1.807, 2.05) is 11.0 Å². The Hall–Kier alpha value is -2.73. The molecule has 166 valence electrons. The fourth-order valence-electron chi connectivity index (χ4n) is 4.83. The summed E-state index contributed by atoms with van der Waals surface area (Å²) in [7, 11) is 3.22. The van der Waals surface area contributed by atoms with Crippen molar-refractivity contribution in [2.45, 2.75) is 25.8 Å². The van der Waals surface area contributed by atoms with Gasteiger partial charge in [0.2, 0.25) is 0 Å². The molecule has 31 heavy (non-hydrogen) atoms. The highest BCUT2D eigenvalue weighted by atomic mass is 16.5. The van der Waals surface area contributed by atoms with Crippen LogP contribution in [0.2, 0.25) is 0 Å². The smallest absolute Gasteiger partial charge is 0.257 e. The molecule has 0 aromatic heterocycles. The Morgan fingerprint density at radius 2 is 1.74 bits per heavy atom. The monoisotopic (exact) mass is 423 g/mol. The van der Waals surface area contributed by atoms with Crippen LogP contribution < -0.4 is 14.4 Å². The number of rotatable bonds is 5. The van der Waals surface area contributed by atoms with Crippen molar-refractivity contribution < 1.29 is 14.3 Å². The molecule has 4 rings (SSSR count). The van der Waals surface area contributed by atoms with Crippen molar-refractivity contribution in [3.05, 3.63) is 53.6 Å². The van der Waals surface area contributed by atoms with E-state index >= 15 is 0 Å². The Morgan fingerprint density at radius 1 is 0.968 bits per heavy atom. The van der Waals surface area contributed by atoms with Crippen LogP contribution in [-0.2, 0) is 0 Å². The molecule has 0 saturated carbocycles. The lowest BCUT2D eigenvalue weighted by Gasteiger charge is -2.44. The van der Waals surface area contributed by atoms with E-state index in [1.165, 1.54) is 11.3 Å². The number of methoxy groups -OCH3 is 2. The summed E-state index contributed by atoms with van der Waals surface area (Å²) in [6, 6.07) is 14.4. The fourth-order valence-corrected chi connectivity index (χ4v) is 4.83. The number of likely N-dealkylation sites (tertiary alicyclic amines) is 1. The normalized spacial score (nSPS) is 19.9. The fraction of sp³-hybridized carbons (Fsp3) is 0.480. The number of para-hydroxylation sites is 1. The Morgan fingerprint density at radius 3 is 2.45 bits per heavy atom. The first kappa shape index (κ1) is 21.5. The average molecular weight is 424 g/mol. The third-order valence-corrected chi connectivity index (χ3v) is 6.61. The Labute approximate surface area is 185 Å². The summed E-state index contributed by atoms with van der Waals surface area (Å²) in [5, 5.41) is 0. The van der Waals surface area contributed by atoms with Gasteiger partial charge in [-0.3, -0.25) is 9.69 Å². The zero-order chi connectivity index (χ0) is 21.8. The molecule has 0 aliphatic carbocycles. The summed E-state index contributed by atoms with van der Waals surface area (Å²) in [6.45, 7) is 7.85. The topological polar surface area (TPSA) is 45.3 Å². The van der Waals surface area contributed by atoms with Gasteiger partial charge in [0.05, 0.1) is 19.8 Å². The zero-order valence-corrected chi connectivity index (χ0v) is 18.8. The second kappa shape index (κ2) is 9.60. The van der Waals surface area contributed by atoms with E-state index in [0.717, 1.165) is 52.1 Å². The molecule has 6 heteroatoms.